The third-order valence-electron chi connectivity index (χ3n) is 5.99. The molecule has 1 aromatic heterocycles. The van der Waals surface area contributed by atoms with Gasteiger partial charge < -0.3 is 15.1 Å². The van der Waals surface area contributed by atoms with Gasteiger partial charge >= 0.3 is 6.03 Å². The fourth-order valence-corrected chi connectivity index (χ4v) is 4.13. The first kappa shape index (κ1) is 19.2. The Labute approximate surface area is 157 Å². The maximum atomic E-state index is 12.5. The molecule has 0 aromatic carbocycles. The molecule has 2 fully saturated rings. The molecule has 0 spiro atoms. The van der Waals surface area contributed by atoms with Crippen LogP contribution >= 0.6 is 0 Å². The zero-order valence-corrected chi connectivity index (χ0v) is 16.7. The molecule has 2 amide bonds. The molecule has 2 saturated heterocycles. The van der Waals surface area contributed by atoms with Crippen LogP contribution < -0.4 is 5.32 Å². The van der Waals surface area contributed by atoms with Crippen LogP contribution in [0.5, 0.6) is 0 Å². The van der Waals surface area contributed by atoms with Crippen LogP contribution in [0.15, 0.2) is 12.4 Å². The Bertz CT molecular complexity index is 577. The van der Waals surface area contributed by atoms with Gasteiger partial charge in [-0.05, 0) is 50.1 Å². The number of carbonyl (C=O) groups is 1. The predicted molar refractivity (Wildman–Crippen MR) is 105 cm³/mol. The standard InChI is InChI=1S/C20H35N5O/c1-20(2,3)17-7-11-24(12-8-17)19(26)22-18-15-21-25(16-18)14-13-23-9-5-4-6-10-23/h15-17H,4-14H2,1-3H3,(H,22,26). The molecule has 0 aliphatic carbocycles. The zero-order valence-electron chi connectivity index (χ0n) is 16.7. The van der Waals surface area contributed by atoms with E-state index in [-0.39, 0.29) is 6.03 Å². The van der Waals surface area contributed by atoms with Crippen LogP contribution in [0.1, 0.15) is 52.9 Å². The molecule has 1 N–H and O–H groups in total. The number of piperidine rings is 2. The van der Waals surface area contributed by atoms with E-state index in [9.17, 15) is 4.79 Å². The van der Waals surface area contributed by atoms with Crippen molar-refractivity contribution in [2.75, 3.05) is 38.0 Å². The summed E-state index contributed by atoms with van der Waals surface area (Å²) >= 11 is 0. The highest BCUT2D eigenvalue weighted by atomic mass is 16.2. The van der Waals surface area contributed by atoms with Crippen LogP contribution in [0.4, 0.5) is 10.5 Å². The molecule has 146 valence electrons. The number of carbonyl (C=O) groups excluding carboxylic acids is 1. The number of aromatic nitrogens is 2. The van der Waals surface area contributed by atoms with Crippen molar-refractivity contribution in [1.82, 2.24) is 19.6 Å². The van der Waals surface area contributed by atoms with Gasteiger partial charge in [-0.1, -0.05) is 27.2 Å². The number of urea groups is 1. The van der Waals surface area contributed by atoms with Crippen LogP contribution in [0, 0.1) is 11.3 Å². The van der Waals surface area contributed by atoms with Crippen molar-refractivity contribution >= 4 is 11.7 Å². The summed E-state index contributed by atoms with van der Waals surface area (Å²) in [5, 5.41) is 7.41. The monoisotopic (exact) mass is 361 g/mol. The van der Waals surface area contributed by atoms with Gasteiger partial charge in [0.15, 0.2) is 0 Å². The van der Waals surface area contributed by atoms with Gasteiger partial charge in [0.1, 0.15) is 0 Å². The quantitative estimate of drug-likeness (QED) is 0.890. The SMILES string of the molecule is CC(C)(C)C1CCN(C(=O)Nc2cnn(CCN3CCCCC3)c2)CC1. The lowest BCUT2D eigenvalue weighted by Crippen LogP contribution is -2.43. The molecule has 3 rings (SSSR count). The number of amides is 2. The zero-order chi connectivity index (χ0) is 18.6. The number of rotatable bonds is 4. The van der Waals surface area contributed by atoms with Gasteiger partial charge in [0.2, 0.25) is 0 Å². The highest BCUT2D eigenvalue weighted by Crippen LogP contribution is 2.34. The first-order valence-electron chi connectivity index (χ1n) is 10.2. The van der Waals surface area contributed by atoms with E-state index in [1.54, 1.807) is 6.20 Å². The van der Waals surface area contributed by atoms with E-state index >= 15 is 0 Å². The molecule has 2 aliphatic heterocycles. The second kappa shape index (κ2) is 8.42. The van der Waals surface area contributed by atoms with Gasteiger partial charge in [-0.2, -0.15) is 5.10 Å². The second-order valence-corrected chi connectivity index (χ2v) is 8.95. The van der Waals surface area contributed by atoms with Gasteiger partial charge in [-0.25, -0.2) is 4.79 Å². The Morgan fingerprint density at radius 3 is 2.46 bits per heavy atom. The topological polar surface area (TPSA) is 53.4 Å². The smallest absolute Gasteiger partial charge is 0.321 e. The Morgan fingerprint density at radius 2 is 1.81 bits per heavy atom. The van der Waals surface area contributed by atoms with E-state index < -0.39 is 0 Å². The molecule has 0 bridgehead atoms. The van der Waals surface area contributed by atoms with Gasteiger partial charge in [0.05, 0.1) is 18.4 Å². The average molecular weight is 362 g/mol. The minimum absolute atomic E-state index is 0.00735. The highest BCUT2D eigenvalue weighted by Gasteiger charge is 2.30. The van der Waals surface area contributed by atoms with Gasteiger partial charge in [-0.3, -0.25) is 4.68 Å². The largest absolute Gasteiger partial charge is 0.325 e. The average Bonchev–Trinajstić information content (AvgIpc) is 3.07. The highest BCUT2D eigenvalue weighted by molar-refractivity contribution is 5.89. The lowest BCUT2D eigenvalue weighted by molar-refractivity contribution is 0.128. The van der Waals surface area contributed by atoms with Crippen molar-refractivity contribution in [2.24, 2.45) is 11.3 Å². The summed E-state index contributed by atoms with van der Waals surface area (Å²) in [5.41, 5.74) is 1.13. The van der Waals surface area contributed by atoms with Crippen molar-refractivity contribution in [3.05, 3.63) is 12.4 Å². The van der Waals surface area contributed by atoms with E-state index in [0.717, 1.165) is 44.7 Å². The summed E-state index contributed by atoms with van der Waals surface area (Å²) in [5.74, 6) is 0.698. The van der Waals surface area contributed by atoms with Gasteiger partial charge in [0.25, 0.3) is 0 Å². The van der Waals surface area contributed by atoms with Gasteiger partial charge in [0, 0.05) is 25.8 Å². The molecule has 0 saturated carbocycles. The van der Waals surface area contributed by atoms with E-state index in [2.05, 4.69) is 36.1 Å². The van der Waals surface area contributed by atoms with Crippen LogP contribution in [-0.2, 0) is 6.54 Å². The van der Waals surface area contributed by atoms with Crippen LogP contribution in [-0.4, -0.2) is 58.3 Å². The third kappa shape index (κ3) is 5.22. The predicted octanol–water partition coefficient (Wildman–Crippen LogP) is 3.66. The van der Waals surface area contributed by atoms with Crippen molar-refractivity contribution in [1.29, 1.82) is 0 Å². The van der Waals surface area contributed by atoms with E-state index in [4.69, 9.17) is 0 Å². The van der Waals surface area contributed by atoms with E-state index in [0.29, 0.717) is 11.3 Å². The Hall–Kier alpha value is -1.56. The molecular formula is C20H35N5O. The fourth-order valence-electron chi connectivity index (χ4n) is 4.13. The first-order valence-corrected chi connectivity index (χ1v) is 10.2. The minimum atomic E-state index is 0.00735. The maximum Gasteiger partial charge on any atom is 0.321 e. The molecule has 6 nitrogen and oxygen atoms in total. The number of anilines is 1. The van der Waals surface area contributed by atoms with Crippen LogP contribution in [0.25, 0.3) is 0 Å². The fraction of sp³-hybridized carbons (Fsp3) is 0.800. The Kier molecular flexibility index (Phi) is 6.22. The van der Waals surface area contributed by atoms with Crippen molar-refractivity contribution in [2.45, 2.75) is 59.4 Å². The third-order valence-corrected chi connectivity index (χ3v) is 5.99. The summed E-state index contributed by atoms with van der Waals surface area (Å²) in [6.07, 6.45) is 9.87. The lowest BCUT2D eigenvalue weighted by Gasteiger charge is -2.38. The van der Waals surface area contributed by atoms with Gasteiger partial charge in [-0.15, -0.1) is 0 Å². The molecule has 0 atom stereocenters. The number of likely N-dealkylation sites (tertiary alicyclic amines) is 2. The Morgan fingerprint density at radius 1 is 1.12 bits per heavy atom. The maximum absolute atomic E-state index is 12.5. The van der Waals surface area contributed by atoms with E-state index in [1.165, 1.54) is 32.4 Å². The number of hydrogen-bond acceptors (Lipinski definition) is 3. The number of hydrogen-bond donors (Lipinski definition) is 1. The molecule has 6 heteroatoms. The van der Waals surface area contributed by atoms with E-state index in [1.807, 2.05) is 15.8 Å². The summed E-state index contributed by atoms with van der Waals surface area (Å²) in [6.45, 7) is 12.9. The Balaban J connectivity index is 1.43. The molecular weight excluding hydrogens is 326 g/mol. The van der Waals surface area contributed by atoms with Crippen molar-refractivity contribution < 1.29 is 4.79 Å². The summed E-state index contributed by atoms with van der Waals surface area (Å²) < 4.78 is 1.94. The molecule has 3 heterocycles. The lowest BCUT2D eigenvalue weighted by atomic mass is 9.75. The molecule has 0 radical (unpaired) electrons. The minimum Gasteiger partial charge on any atom is -0.325 e. The summed E-state index contributed by atoms with van der Waals surface area (Å²) in [7, 11) is 0. The van der Waals surface area contributed by atoms with Crippen molar-refractivity contribution in [3.63, 3.8) is 0 Å². The van der Waals surface area contributed by atoms with Crippen molar-refractivity contribution in [3.8, 4) is 0 Å². The molecule has 0 unspecified atom stereocenters. The molecule has 1 aromatic rings. The summed E-state index contributed by atoms with van der Waals surface area (Å²) in [4.78, 5) is 16.9. The first-order chi connectivity index (χ1) is 12.4. The number of nitrogens with one attached hydrogen (secondary N) is 1. The van der Waals surface area contributed by atoms with Crippen LogP contribution in [0.3, 0.4) is 0 Å². The summed E-state index contributed by atoms with van der Waals surface area (Å²) in [6, 6.07) is 0.00735. The van der Waals surface area contributed by atoms with Crippen LogP contribution in [0.2, 0.25) is 0 Å². The number of nitrogens with zero attached hydrogens (tertiary/aromatic N) is 4. The second-order valence-electron chi connectivity index (χ2n) is 8.95. The molecule has 26 heavy (non-hydrogen) atoms. The molecule has 2 aliphatic rings. The normalized spacial score (nSPS) is 20.3.